The van der Waals surface area contributed by atoms with Crippen LogP contribution in [0.15, 0.2) is 59.1 Å². The number of rotatable bonds is 12. The number of carbonyl (C=O) groups is 2. The van der Waals surface area contributed by atoms with E-state index >= 15 is 0 Å². The first kappa shape index (κ1) is 27.9. The smallest absolute Gasteiger partial charge is 0.242 e. The first-order chi connectivity index (χ1) is 16.0. The maximum atomic E-state index is 13.3. The summed E-state index contributed by atoms with van der Waals surface area (Å²) in [5.41, 5.74) is 1.47. The van der Waals surface area contributed by atoms with Crippen LogP contribution in [0.1, 0.15) is 45.6 Å². The van der Waals surface area contributed by atoms with E-state index in [-0.39, 0.29) is 37.4 Å². The molecule has 0 unspecified atom stereocenters. The van der Waals surface area contributed by atoms with Crippen LogP contribution in [0.25, 0.3) is 0 Å². The Morgan fingerprint density at radius 1 is 1.03 bits per heavy atom. The van der Waals surface area contributed by atoms with Gasteiger partial charge in [0, 0.05) is 30.0 Å². The number of amides is 2. The molecule has 0 saturated heterocycles. The molecule has 0 heterocycles. The molecule has 0 spiro atoms. The predicted octanol–water partition coefficient (Wildman–Crippen LogP) is 4.33. The summed E-state index contributed by atoms with van der Waals surface area (Å²) < 4.78 is 26.9. The van der Waals surface area contributed by atoms with E-state index in [1.165, 1.54) is 4.31 Å². The molecule has 0 aliphatic rings. The second kappa shape index (κ2) is 12.9. The summed E-state index contributed by atoms with van der Waals surface area (Å²) in [6.45, 7) is 6.10. The van der Waals surface area contributed by atoms with Gasteiger partial charge in [0.1, 0.15) is 6.04 Å². The van der Waals surface area contributed by atoms with Crippen LogP contribution in [0.4, 0.5) is 5.69 Å². The highest BCUT2D eigenvalue weighted by Gasteiger charge is 2.27. The van der Waals surface area contributed by atoms with Gasteiger partial charge in [-0.2, -0.15) is 0 Å². The molecule has 0 radical (unpaired) electrons. The average molecular weight is 553 g/mol. The molecule has 0 fully saturated rings. The zero-order valence-corrected chi connectivity index (χ0v) is 22.6. The Balaban J connectivity index is 2.14. The highest BCUT2D eigenvalue weighted by Crippen LogP contribution is 2.19. The lowest BCUT2D eigenvalue weighted by Gasteiger charge is -2.30. The summed E-state index contributed by atoms with van der Waals surface area (Å²) in [4.78, 5) is 27.6. The molecule has 0 saturated carbocycles. The number of sulfonamides is 1. The molecule has 34 heavy (non-hydrogen) atoms. The molecule has 2 atom stereocenters. The van der Waals surface area contributed by atoms with Crippen LogP contribution >= 0.6 is 15.9 Å². The van der Waals surface area contributed by atoms with Crippen LogP contribution in [0.2, 0.25) is 0 Å². The molecule has 1 N–H and O–H groups in total. The second-order valence-corrected chi connectivity index (χ2v) is 11.2. The molecule has 2 aromatic rings. The lowest BCUT2D eigenvalue weighted by molar-refractivity contribution is -0.140. The topological polar surface area (TPSA) is 86.8 Å². The Labute approximate surface area is 211 Å². The van der Waals surface area contributed by atoms with Gasteiger partial charge in [-0.25, -0.2) is 8.42 Å². The number of halogens is 1. The van der Waals surface area contributed by atoms with Crippen molar-refractivity contribution in [2.75, 3.05) is 17.1 Å². The van der Waals surface area contributed by atoms with Gasteiger partial charge in [-0.15, -0.1) is 0 Å². The SMILES string of the molecule is CC[C@@H](C)NC(=O)[C@@H](C)N(Cc1ccc(Br)cc1)C(=O)CCCN(c1ccccc1)S(C)(=O)=O. The largest absolute Gasteiger partial charge is 0.352 e. The molecule has 186 valence electrons. The minimum atomic E-state index is -3.50. The molecule has 0 aromatic heterocycles. The number of carbonyl (C=O) groups excluding carboxylic acids is 2. The quantitative estimate of drug-likeness (QED) is 0.425. The van der Waals surface area contributed by atoms with E-state index in [2.05, 4.69) is 21.2 Å². The number of benzene rings is 2. The molecule has 7 nitrogen and oxygen atoms in total. The number of nitrogens with zero attached hydrogens (tertiary/aromatic N) is 2. The fraction of sp³-hybridized carbons (Fsp3) is 0.440. The third kappa shape index (κ3) is 8.43. The Hall–Kier alpha value is -2.39. The van der Waals surface area contributed by atoms with Crippen molar-refractivity contribution < 1.29 is 18.0 Å². The lowest BCUT2D eigenvalue weighted by Crippen LogP contribution is -2.49. The van der Waals surface area contributed by atoms with E-state index in [4.69, 9.17) is 0 Å². The van der Waals surface area contributed by atoms with Gasteiger partial charge in [-0.3, -0.25) is 13.9 Å². The second-order valence-electron chi connectivity index (χ2n) is 8.42. The first-order valence-corrected chi connectivity index (χ1v) is 14.0. The number of hydrogen-bond donors (Lipinski definition) is 1. The molecular weight excluding hydrogens is 518 g/mol. The average Bonchev–Trinajstić information content (AvgIpc) is 2.80. The Morgan fingerprint density at radius 2 is 1.65 bits per heavy atom. The number of nitrogens with one attached hydrogen (secondary N) is 1. The van der Waals surface area contributed by atoms with E-state index in [0.717, 1.165) is 22.7 Å². The maximum Gasteiger partial charge on any atom is 0.242 e. The molecule has 0 bridgehead atoms. The van der Waals surface area contributed by atoms with Crippen LogP contribution in [0.3, 0.4) is 0 Å². The standard InChI is InChI=1S/C25H34BrN3O4S/c1-5-19(2)27-25(31)20(3)28(18-21-13-15-22(26)16-14-21)24(30)12-9-17-29(34(4,32)33)23-10-7-6-8-11-23/h6-8,10-11,13-16,19-20H,5,9,12,17-18H2,1-4H3,(H,27,31)/t19-,20-/m1/s1. The van der Waals surface area contributed by atoms with E-state index in [1.54, 1.807) is 36.1 Å². The summed E-state index contributed by atoms with van der Waals surface area (Å²) in [7, 11) is -3.50. The van der Waals surface area contributed by atoms with Crippen molar-refractivity contribution in [2.24, 2.45) is 0 Å². The van der Waals surface area contributed by atoms with E-state index in [0.29, 0.717) is 12.1 Å². The highest BCUT2D eigenvalue weighted by atomic mass is 79.9. The summed E-state index contributed by atoms with van der Waals surface area (Å²) in [6, 6.07) is 15.8. The van der Waals surface area contributed by atoms with E-state index < -0.39 is 16.1 Å². The summed E-state index contributed by atoms with van der Waals surface area (Å²) in [5, 5.41) is 2.95. The van der Waals surface area contributed by atoms with E-state index in [9.17, 15) is 18.0 Å². The van der Waals surface area contributed by atoms with Gasteiger partial charge in [-0.1, -0.05) is 53.2 Å². The van der Waals surface area contributed by atoms with Gasteiger partial charge in [-0.05, 0) is 56.5 Å². The van der Waals surface area contributed by atoms with Gasteiger partial charge in [0.25, 0.3) is 0 Å². The van der Waals surface area contributed by atoms with Crippen molar-refractivity contribution in [1.82, 2.24) is 10.2 Å². The summed E-state index contributed by atoms with van der Waals surface area (Å²) >= 11 is 3.41. The molecule has 9 heteroatoms. The molecule has 0 aliphatic carbocycles. The molecule has 2 aromatic carbocycles. The van der Waals surface area contributed by atoms with Crippen LogP contribution in [0.5, 0.6) is 0 Å². The Kier molecular flexibility index (Phi) is 10.6. The number of anilines is 1. The normalized spacial score (nSPS) is 13.1. The van der Waals surface area contributed by atoms with Gasteiger partial charge in [0.2, 0.25) is 21.8 Å². The number of hydrogen-bond acceptors (Lipinski definition) is 4. The van der Waals surface area contributed by atoms with Crippen molar-refractivity contribution in [1.29, 1.82) is 0 Å². The highest BCUT2D eigenvalue weighted by molar-refractivity contribution is 9.10. The Bertz CT molecular complexity index is 1050. The fourth-order valence-electron chi connectivity index (χ4n) is 3.43. The van der Waals surface area contributed by atoms with Gasteiger partial charge in [0.15, 0.2) is 0 Å². The number of para-hydroxylation sites is 1. The molecule has 0 aliphatic heterocycles. The predicted molar refractivity (Wildman–Crippen MR) is 140 cm³/mol. The fourth-order valence-corrected chi connectivity index (χ4v) is 4.66. The summed E-state index contributed by atoms with van der Waals surface area (Å²) in [6.07, 6.45) is 2.40. The maximum absolute atomic E-state index is 13.3. The van der Waals surface area contributed by atoms with E-state index in [1.807, 2.05) is 44.2 Å². The van der Waals surface area contributed by atoms with Gasteiger partial charge >= 0.3 is 0 Å². The Morgan fingerprint density at radius 3 is 2.21 bits per heavy atom. The van der Waals surface area contributed by atoms with Crippen LogP contribution in [-0.2, 0) is 26.2 Å². The van der Waals surface area contributed by atoms with Crippen molar-refractivity contribution in [3.05, 3.63) is 64.6 Å². The molecular formula is C25H34BrN3O4S. The minimum absolute atomic E-state index is 0.00812. The molecule has 2 rings (SSSR count). The van der Waals surface area contributed by atoms with Crippen molar-refractivity contribution in [3.8, 4) is 0 Å². The zero-order valence-electron chi connectivity index (χ0n) is 20.2. The third-order valence-electron chi connectivity index (χ3n) is 5.63. The van der Waals surface area contributed by atoms with Crippen molar-refractivity contribution >= 4 is 43.5 Å². The van der Waals surface area contributed by atoms with Gasteiger partial charge in [0.05, 0.1) is 11.9 Å². The van der Waals surface area contributed by atoms with Crippen LogP contribution in [0, 0.1) is 0 Å². The van der Waals surface area contributed by atoms with Crippen LogP contribution < -0.4 is 9.62 Å². The first-order valence-electron chi connectivity index (χ1n) is 11.4. The van der Waals surface area contributed by atoms with Gasteiger partial charge < -0.3 is 10.2 Å². The lowest BCUT2D eigenvalue weighted by atomic mass is 10.1. The van der Waals surface area contributed by atoms with Crippen molar-refractivity contribution in [2.45, 2.75) is 58.7 Å². The molecule has 2 amide bonds. The third-order valence-corrected chi connectivity index (χ3v) is 7.35. The minimum Gasteiger partial charge on any atom is -0.352 e. The zero-order chi connectivity index (χ0) is 25.3. The monoisotopic (exact) mass is 551 g/mol. The van der Waals surface area contributed by atoms with Crippen LogP contribution in [-0.4, -0.2) is 50.0 Å². The summed E-state index contributed by atoms with van der Waals surface area (Å²) in [5.74, 6) is -0.405. The van der Waals surface area contributed by atoms with Crippen molar-refractivity contribution in [3.63, 3.8) is 0 Å².